The van der Waals surface area contributed by atoms with Crippen molar-refractivity contribution in [2.45, 2.75) is 6.04 Å². The van der Waals surface area contributed by atoms with Crippen LogP contribution in [0.4, 0.5) is 0 Å². The molecule has 0 radical (unpaired) electrons. The minimum Gasteiger partial charge on any atom is -0.299 e. The first-order valence-electron chi connectivity index (χ1n) is 3.94. The average Bonchev–Trinajstić information content (AvgIpc) is 2.07. The zero-order valence-electron chi connectivity index (χ0n) is 7.57. The zero-order chi connectivity index (χ0) is 8.97. The number of nitrogens with zero attached hydrogens (tertiary/aromatic N) is 2. The molecule has 64 valence electrons. The Hall–Kier alpha value is -1.15. The van der Waals surface area contributed by atoms with Crippen molar-refractivity contribution in [2.24, 2.45) is 0 Å². The van der Waals surface area contributed by atoms with Gasteiger partial charge in [0.2, 0.25) is 0 Å². The molecular formula is C10H14N2. The quantitative estimate of drug-likeness (QED) is 0.631. The monoisotopic (exact) mass is 162 g/mol. The summed E-state index contributed by atoms with van der Waals surface area (Å²) in [4.78, 5) is 6.16. The van der Waals surface area contributed by atoms with Crippen LogP contribution >= 0.6 is 0 Å². The molecule has 0 aliphatic heterocycles. The fourth-order valence-electron chi connectivity index (χ4n) is 1.20. The van der Waals surface area contributed by atoms with Crippen molar-refractivity contribution in [3.05, 3.63) is 42.7 Å². The van der Waals surface area contributed by atoms with Crippen molar-refractivity contribution in [3.8, 4) is 0 Å². The number of pyridine rings is 1. The predicted molar refractivity (Wildman–Crippen MR) is 50.9 cm³/mol. The summed E-state index contributed by atoms with van der Waals surface area (Å²) >= 11 is 0. The van der Waals surface area contributed by atoms with E-state index in [0.717, 1.165) is 0 Å². The highest BCUT2D eigenvalue weighted by molar-refractivity contribution is 5.17. The summed E-state index contributed by atoms with van der Waals surface area (Å²) < 4.78 is 0. The summed E-state index contributed by atoms with van der Waals surface area (Å²) in [5.41, 5.74) is 1.18. The molecule has 12 heavy (non-hydrogen) atoms. The lowest BCUT2D eigenvalue weighted by Gasteiger charge is -2.20. The van der Waals surface area contributed by atoms with Crippen LogP contribution in [0.25, 0.3) is 0 Å². The lowest BCUT2D eigenvalue weighted by molar-refractivity contribution is 0.351. The molecule has 0 aromatic carbocycles. The fourth-order valence-corrected chi connectivity index (χ4v) is 1.20. The van der Waals surface area contributed by atoms with E-state index < -0.39 is 0 Å². The highest BCUT2D eigenvalue weighted by Gasteiger charge is 2.08. The Morgan fingerprint density at radius 1 is 1.58 bits per heavy atom. The van der Waals surface area contributed by atoms with Gasteiger partial charge in [-0.25, -0.2) is 0 Å². The van der Waals surface area contributed by atoms with Crippen LogP contribution in [0.3, 0.4) is 0 Å². The molecule has 2 nitrogen and oxygen atoms in total. The Kier molecular flexibility index (Phi) is 3.00. The molecule has 2 heteroatoms. The molecule has 0 amide bonds. The smallest absolute Gasteiger partial charge is 0.0539 e. The molecule has 0 aliphatic rings. The molecule has 1 rings (SSSR count). The highest BCUT2D eigenvalue weighted by Crippen LogP contribution is 2.16. The number of hydrogen-bond donors (Lipinski definition) is 0. The van der Waals surface area contributed by atoms with Crippen LogP contribution in [0, 0.1) is 0 Å². The molecule has 0 bridgehead atoms. The van der Waals surface area contributed by atoms with Crippen LogP contribution in [0.1, 0.15) is 11.6 Å². The summed E-state index contributed by atoms with van der Waals surface area (Å²) in [5.74, 6) is 0. The number of likely N-dealkylation sites (N-methyl/N-ethyl adjacent to an activating group) is 1. The van der Waals surface area contributed by atoms with Crippen LogP contribution in [-0.2, 0) is 0 Å². The van der Waals surface area contributed by atoms with E-state index in [1.165, 1.54) is 5.56 Å². The van der Waals surface area contributed by atoms with Gasteiger partial charge in [-0.3, -0.25) is 9.88 Å². The lowest BCUT2D eigenvalue weighted by atomic mass is 10.1. The predicted octanol–water partition coefficient (Wildman–Crippen LogP) is 1.87. The Morgan fingerprint density at radius 2 is 2.33 bits per heavy atom. The number of rotatable bonds is 3. The first-order valence-corrected chi connectivity index (χ1v) is 3.94. The molecule has 0 saturated heterocycles. The summed E-state index contributed by atoms with van der Waals surface area (Å²) in [6.45, 7) is 3.79. The van der Waals surface area contributed by atoms with Gasteiger partial charge in [-0.1, -0.05) is 12.1 Å². The molecule has 0 saturated carbocycles. The SMILES string of the molecule is C=CC(c1cccnc1)N(C)C. The first kappa shape index (κ1) is 8.94. The molecule has 0 aliphatic carbocycles. The molecule has 1 heterocycles. The van der Waals surface area contributed by atoms with Crippen molar-refractivity contribution in [1.29, 1.82) is 0 Å². The van der Waals surface area contributed by atoms with Gasteiger partial charge in [0.05, 0.1) is 6.04 Å². The third kappa shape index (κ3) is 1.92. The molecule has 0 spiro atoms. The van der Waals surface area contributed by atoms with Gasteiger partial charge in [0.25, 0.3) is 0 Å². The maximum Gasteiger partial charge on any atom is 0.0539 e. The van der Waals surface area contributed by atoms with Crippen LogP contribution in [0.5, 0.6) is 0 Å². The molecule has 1 atom stereocenters. The zero-order valence-corrected chi connectivity index (χ0v) is 7.57. The highest BCUT2D eigenvalue weighted by atomic mass is 15.1. The van der Waals surface area contributed by atoms with E-state index >= 15 is 0 Å². The second-order valence-corrected chi connectivity index (χ2v) is 2.93. The van der Waals surface area contributed by atoms with E-state index in [4.69, 9.17) is 0 Å². The van der Waals surface area contributed by atoms with E-state index in [-0.39, 0.29) is 6.04 Å². The minimum atomic E-state index is 0.263. The topological polar surface area (TPSA) is 16.1 Å². The number of aromatic nitrogens is 1. The van der Waals surface area contributed by atoms with Crippen LogP contribution < -0.4 is 0 Å². The molecule has 1 unspecified atom stereocenters. The van der Waals surface area contributed by atoms with Crippen LogP contribution in [-0.4, -0.2) is 24.0 Å². The maximum absolute atomic E-state index is 4.06. The third-order valence-electron chi connectivity index (χ3n) is 1.81. The van der Waals surface area contributed by atoms with E-state index in [2.05, 4.69) is 22.5 Å². The standard InChI is InChI=1S/C10H14N2/c1-4-10(12(2)3)9-6-5-7-11-8-9/h4-8,10H,1H2,2-3H3. The van der Waals surface area contributed by atoms with E-state index in [9.17, 15) is 0 Å². The van der Waals surface area contributed by atoms with Gasteiger partial charge >= 0.3 is 0 Å². The van der Waals surface area contributed by atoms with E-state index in [1.54, 1.807) is 6.20 Å². The summed E-state index contributed by atoms with van der Waals surface area (Å²) in [6.07, 6.45) is 5.56. The summed E-state index contributed by atoms with van der Waals surface area (Å²) in [6, 6.07) is 4.26. The Bertz CT molecular complexity index is 241. The van der Waals surface area contributed by atoms with Crippen molar-refractivity contribution in [1.82, 2.24) is 9.88 Å². The van der Waals surface area contributed by atoms with Gasteiger partial charge < -0.3 is 0 Å². The second kappa shape index (κ2) is 4.02. The van der Waals surface area contributed by atoms with Gasteiger partial charge in [-0.05, 0) is 25.7 Å². The van der Waals surface area contributed by atoms with Gasteiger partial charge in [0, 0.05) is 12.4 Å². The van der Waals surface area contributed by atoms with Crippen molar-refractivity contribution in [2.75, 3.05) is 14.1 Å². The van der Waals surface area contributed by atoms with Gasteiger partial charge in [0.15, 0.2) is 0 Å². The summed E-state index contributed by atoms with van der Waals surface area (Å²) in [5, 5.41) is 0. The maximum atomic E-state index is 4.06. The molecule has 1 aromatic rings. The lowest BCUT2D eigenvalue weighted by Crippen LogP contribution is -2.17. The van der Waals surface area contributed by atoms with Gasteiger partial charge in [-0.15, -0.1) is 6.58 Å². The third-order valence-corrected chi connectivity index (χ3v) is 1.81. The average molecular weight is 162 g/mol. The van der Waals surface area contributed by atoms with E-state index in [0.29, 0.717) is 0 Å². The van der Waals surface area contributed by atoms with E-state index in [1.807, 2.05) is 32.4 Å². The molecule has 0 N–H and O–H groups in total. The molecule has 0 fully saturated rings. The second-order valence-electron chi connectivity index (χ2n) is 2.93. The Labute approximate surface area is 73.5 Å². The Morgan fingerprint density at radius 3 is 2.75 bits per heavy atom. The van der Waals surface area contributed by atoms with Crippen LogP contribution in [0.15, 0.2) is 37.2 Å². The van der Waals surface area contributed by atoms with Crippen LogP contribution in [0.2, 0.25) is 0 Å². The Balaban J connectivity index is 2.88. The van der Waals surface area contributed by atoms with Crippen molar-refractivity contribution in [3.63, 3.8) is 0 Å². The van der Waals surface area contributed by atoms with Crippen molar-refractivity contribution >= 4 is 0 Å². The summed E-state index contributed by atoms with van der Waals surface area (Å²) in [7, 11) is 4.05. The van der Waals surface area contributed by atoms with Gasteiger partial charge in [0.1, 0.15) is 0 Å². The van der Waals surface area contributed by atoms with Gasteiger partial charge in [-0.2, -0.15) is 0 Å². The fraction of sp³-hybridized carbons (Fsp3) is 0.300. The largest absolute Gasteiger partial charge is 0.299 e. The normalized spacial score (nSPS) is 12.9. The van der Waals surface area contributed by atoms with Crippen molar-refractivity contribution < 1.29 is 0 Å². The molecular weight excluding hydrogens is 148 g/mol. The first-order chi connectivity index (χ1) is 5.75. The number of hydrogen-bond acceptors (Lipinski definition) is 2. The molecule has 1 aromatic heterocycles. The minimum absolute atomic E-state index is 0.263.